The van der Waals surface area contributed by atoms with Gasteiger partial charge in [-0.25, -0.2) is 0 Å². The number of nitrogens with zero attached hydrogens (tertiary/aromatic N) is 1. The smallest absolute Gasteiger partial charge is 0.216 e. The average molecular weight is 418 g/mol. The van der Waals surface area contributed by atoms with Crippen molar-refractivity contribution in [2.45, 2.75) is 54.1 Å². The van der Waals surface area contributed by atoms with Gasteiger partial charge in [-0.2, -0.15) is 0 Å². The van der Waals surface area contributed by atoms with Crippen LogP contribution in [0.1, 0.15) is 48.5 Å². The van der Waals surface area contributed by atoms with Gasteiger partial charge in [-0.1, -0.05) is 20.8 Å². The molecule has 172 valence electrons. The van der Waals surface area contributed by atoms with E-state index >= 15 is 0 Å². The van der Waals surface area contributed by atoms with Gasteiger partial charge >= 0.3 is 0 Å². The van der Waals surface area contributed by atoms with Crippen LogP contribution in [0.15, 0.2) is 0 Å². The molecule has 0 fully saturated rings. The second-order valence-electron chi connectivity index (χ2n) is 8.64. The lowest BCUT2D eigenvalue weighted by molar-refractivity contribution is -0.119. The first-order chi connectivity index (χ1) is 13.5. The van der Waals surface area contributed by atoms with Crippen molar-refractivity contribution in [2.24, 2.45) is 5.41 Å². The van der Waals surface area contributed by atoms with E-state index in [1.54, 1.807) is 0 Å². The van der Waals surface area contributed by atoms with Gasteiger partial charge < -0.3 is 24.8 Å². The molecule has 0 atom stereocenters. The molecule has 0 radical (unpaired) electrons. The van der Waals surface area contributed by atoms with Gasteiger partial charge in [-0.05, 0) is 19.3 Å². The fraction of sp³-hybridized carbons (Fsp3) is 0.905. The predicted octanol–water partition coefficient (Wildman–Crippen LogP) is 1.44. The number of amides is 2. The van der Waals surface area contributed by atoms with Crippen molar-refractivity contribution < 1.29 is 23.8 Å². The first kappa shape index (κ1) is 27.8. The summed E-state index contributed by atoms with van der Waals surface area (Å²) < 4.78 is 17.1. The molecule has 0 unspecified atom stereocenters. The van der Waals surface area contributed by atoms with E-state index in [0.717, 1.165) is 6.54 Å². The van der Waals surface area contributed by atoms with E-state index in [-0.39, 0.29) is 22.8 Å². The van der Waals surface area contributed by atoms with Crippen LogP contribution in [0.3, 0.4) is 0 Å². The Balaban J connectivity index is 3.86. The Morgan fingerprint density at radius 2 is 1.17 bits per heavy atom. The molecule has 8 heteroatoms. The Labute approximate surface area is 177 Å². The van der Waals surface area contributed by atoms with Crippen LogP contribution in [-0.2, 0) is 23.8 Å². The molecule has 2 amide bonds. The molecule has 0 aliphatic rings. The third-order valence-corrected chi connectivity index (χ3v) is 5.02. The zero-order valence-corrected chi connectivity index (χ0v) is 19.6. The molecule has 0 aliphatic heterocycles. The minimum absolute atomic E-state index is 0.0462. The fourth-order valence-corrected chi connectivity index (χ4v) is 2.20. The van der Waals surface area contributed by atoms with Crippen molar-refractivity contribution >= 4 is 11.8 Å². The molecule has 0 rings (SSSR count). The summed E-state index contributed by atoms with van der Waals surface area (Å²) in [6.45, 7) is 19.7. The van der Waals surface area contributed by atoms with Crippen LogP contribution in [0.4, 0.5) is 0 Å². The molecule has 0 heterocycles. The summed E-state index contributed by atoms with van der Waals surface area (Å²) in [4.78, 5) is 24.2. The maximum Gasteiger partial charge on any atom is 0.216 e. The average Bonchev–Trinajstić information content (AvgIpc) is 2.58. The summed E-state index contributed by atoms with van der Waals surface area (Å²) in [5.41, 5.74) is -0.132. The normalized spacial score (nSPS) is 12.3. The number of carbonyl (C=O) groups is 2. The third kappa shape index (κ3) is 15.3. The maximum atomic E-state index is 11.0. The van der Waals surface area contributed by atoms with Gasteiger partial charge in [0, 0.05) is 46.6 Å². The predicted molar refractivity (Wildman–Crippen MR) is 115 cm³/mol. The van der Waals surface area contributed by atoms with Gasteiger partial charge in [0.2, 0.25) is 11.8 Å². The lowest BCUT2D eigenvalue weighted by Crippen LogP contribution is -2.40. The largest absolute Gasteiger partial charge is 0.378 e. The highest BCUT2D eigenvalue weighted by molar-refractivity contribution is 5.73. The molecule has 0 aliphatic carbocycles. The van der Waals surface area contributed by atoms with Gasteiger partial charge in [0.1, 0.15) is 0 Å². The monoisotopic (exact) mass is 417 g/mol. The molecule has 0 saturated carbocycles. The van der Waals surface area contributed by atoms with E-state index in [1.807, 2.05) is 0 Å². The molecular formula is C21H43N3O5. The van der Waals surface area contributed by atoms with Crippen molar-refractivity contribution in [3.63, 3.8) is 0 Å². The van der Waals surface area contributed by atoms with Crippen LogP contribution < -0.4 is 10.6 Å². The van der Waals surface area contributed by atoms with Crippen LogP contribution in [0.5, 0.6) is 0 Å². The van der Waals surface area contributed by atoms with Gasteiger partial charge in [0.25, 0.3) is 0 Å². The standard InChI is InChI=1S/C21H43N3O5/c1-18(25)22-8-10-24(11-9-23-19(2)26)12-13-27-14-15-28-16-17-29-21(6,7)20(3,4)5/h8-17H2,1-7H3,(H,22,25)(H,23,26). The van der Waals surface area contributed by atoms with Crippen LogP contribution in [0.2, 0.25) is 0 Å². The number of nitrogens with one attached hydrogen (secondary N) is 2. The van der Waals surface area contributed by atoms with Gasteiger partial charge in [-0.15, -0.1) is 0 Å². The Hall–Kier alpha value is -1.22. The highest BCUT2D eigenvalue weighted by Gasteiger charge is 2.33. The minimum atomic E-state index is -0.204. The van der Waals surface area contributed by atoms with E-state index in [9.17, 15) is 9.59 Å². The number of hydrogen-bond donors (Lipinski definition) is 2. The third-order valence-electron chi connectivity index (χ3n) is 5.02. The summed E-state index contributed by atoms with van der Waals surface area (Å²) in [5.74, 6) is -0.0925. The van der Waals surface area contributed by atoms with Crippen molar-refractivity contribution in [1.82, 2.24) is 15.5 Å². The highest BCUT2D eigenvalue weighted by atomic mass is 16.5. The lowest BCUT2D eigenvalue weighted by atomic mass is 9.79. The zero-order valence-electron chi connectivity index (χ0n) is 19.6. The molecule has 2 N–H and O–H groups in total. The fourth-order valence-electron chi connectivity index (χ4n) is 2.20. The van der Waals surface area contributed by atoms with Crippen molar-refractivity contribution in [1.29, 1.82) is 0 Å². The molecule has 29 heavy (non-hydrogen) atoms. The quantitative estimate of drug-likeness (QED) is 0.370. The first-order valence-electron chi connectivity index (χ1n) is 10.5. The molecule has 8 nitrogen and oxygen atoms in total. The maximum absolute atomic E-state index is 11.0. The van der Waals surface area contributed by atoms with Crippen LogP contribution in [0.25, 0.3) is 0 Å². The summed E-state index contributed by atoms with van der Waals surface area (Å²) in [5, 5.41) is 5.57. The Morgan fingerprint density at radius 1 is 0.724 bits per heavy atom. The minimum Gasteiger partial charge on any atom is -0.378 e. The Kier molecular flexibility index (Phi) is 14.1. The van der Waals surface area contributed by atoms with Crippen molar-refractivity contribution in [3.8, 4) is 0 Å². The number of hydrogen-bond acceptors (Lipinski definition) is 6. The zero-order chi connectivity index (χ0) is 22.3. The van der Waals surface area contributed by atoms with E-state index in [0.29, 0.717) is 59.2 Å². The van der Waals surface area contributed by atoms with E-state index in [4.69, 9.17) is 14.2 Å². The molecule has 0 aromatic rings. The molecule has 0 saturated heterocycles. The molecule has 0 spiro atoms. The highest BCUT2D eigenvalue weighted by Crippen LogP contribution is 2.32. The van der Waals surface area contributed by atoms with Crippen LogP contribution in [0, 0.1) is 5.41 Å². The van der Waals surface area contributed by atoms with E-state index in [2.05, 4.69) is 50.2 Å². The topological polar surface area (TPSA) is 89.1 Å². The second-order valence-corrected chi connectivity index (χ2v) is 8.64. The summed E-state index contributed by atoms with van der Waals surface area (Å²) >= 11 is 0. The van der Waals surface area contributed by atoms with Crippen LogP contribution in [-0.4, -0.2) is 88.1 Å². The number of ether oxygens (including phenoxy) is 3. The van der Waals surface area contributed by atoms with E-state index in [1.165, 1.54) is 13.8 Å². The second kappa shape index (κ2) is 14.7. The molecule has 0 aromatic heterocycles. The molecule has 0 aromatic carbocycles. The molecule has 0 bridgehead atoms. The number of rotatable bonds is 16. The van der Waals surface area contributed by atoms with E-state index < -0.39 is 0 Å². The molecular weight excluding hydrogens is 374 g/mol. The SMILES string of the molecule is CC(=O)NCCN(CCNC(C)=O)CCOCCOCCOC(C)(C)C(C)(C)C. The van der Waals surface area contributed by atoms with Crippen LogP contribution >= 0.6 is 0 Å². The summed E-state index contributed by atoms with van der Waals surface area (Å²) in [7, 11) is 0. The van der Waals surface area contributed by atoms with Gasteiger partial charge in [0.15, 0.2) is 0 Å². The first-order valence-corrected chi connectivity index (χ1v) is 10.5. The Bertz CT molecular complexity index is 444. The van der Waals surface area contributed by atoms with Crippen molar-refractivity contribution in [3.05, 3.63) is 0 Å². The van der Waals surface area contributed by atoms with Crippen molar-refractivity contribution in [2.75, 3.05) is 65.8 Å². The summed E-state index contributed by atoms with van der Waals surface area (Å²) in [6.07, 6.45) is 0. The summed E-state index contributed by atoms with van der Waals surface area (Å²) in [6, 6.07) is 0. The van der Waals surface area contributed by atoms with Gasteiger partial charge in [-0.3, -0.25) is 14.5 Å². The number of carbonyl (C=O) groups excluding carboxylic acids is 2. The van der Waals surface area contributed by atoms with Gasteiger partial charge in [0.05, 0.1) is 38.6 Å². The Morgan fingerprint density at radius 3 is 1.62 bits per heavy atom. The lowest BCUT2D eigenvalue weighted by Gasteiger charge is -2.38.